The van der Waals surface area contributed by atoms with Crippen molar-refractivity contribution in [3.63, 3.8) is 0 Å². The largest absolute Gasteiger partial charge is 0.481 e. The fraction of sp³-hybridized carbons (Fsp3) is 0.758. The third-order valence-corrected chi connectivity index (χ3v) is 8.20. The van der Waals surface area contributed by atoms with E-state index in [1.54, 1.807) is 41.5 Å². The number of hydrogen-bond donors (Lipinski definition) is 8. The van der Waals surface area contributed by atoms with E-state index in [0.717, 1.165) is 0 Å². The Labute approximate surface area is 293 Å². The SMILES string of the molecule is CC(C)C[C@H](NC(=O)[C@H](CC(=O)O)NC(=O)[C@@H]1CCCN1C(=O)[C@@H](NC(=O)CN)C(C)C)C(=O)N[C@@H](CC(C)C)C(=O)N[C@H](C(=O)O)C(C)C. The molecule has 17 nitrogen and oxygen atoms in total. The van der Waals surface area contributed by atoms with Gasteiger partial charge in [0.1, 0.15) is 36.3 Å². The molecule has 6 amide bonds. The van der Waals surface area contributed by atoms with Gasteiger partial charge in [0, 0.05) is 6.54 Å². The summed E-state index contributed by atoms with van der Waals surface area (Å²) >= 11 is 0. The van der Waals surface area contributed by atoms with Crippen molar-refractivity contribution in [3.05, 3.63) is 0 Å². The molecule has 50 heavy (non-hydrogen) atoms. The van der Waals surface area contributed by atoms with Crippen LogP contribution in [0.15, 0.2) is 0 Å². The second kappa shape index (κ2) is 20.4. The summed E-state index contributed by atoms with van der Waals surface area (Å²) in [6.07, 6.45) is 0.0835. The Kier molecular flexibility index (Phi) is 17.9. The number of rotatable bonds is 20. The van der Waals surface area contributed by atoms with Gasteiger partial charge < -0.3 is 47.4 Å². The smallest absolute Gasteiger partial charge is 0.326 e. The molecule has 1 saturated heterocycles. The average Bonchev–Trinajstić information content (AvgIpc) is 3.50. The molecule has 284 valence electrons. The molecule has 0 spiro atoms. The lowest BCUT2D eigenvalue weighted by molar-refractivity contribution is -0.144. The topological polar surface area (TPSA) is 266 Å². The molecule has 1 rings (SSSR count). The lowest BCUT2D eigenvalue weighted by atomic mass is 9.98. The lowest BCUT2D eigenvalue weighted by Crippen LogP contribution is -2.60. The van der Waals surface area contributed by atoms with Crippen molar-refractivity contribution in [1.82, 2.24) is 31.5 Å². The zero-order chi connectivity index (χ0) is 38.5. The lowest BCUT2D eigenvalue weighted by Gasteiger charge is -2.31. The van der Waals surface area contributed by atoms with Gasteiger partial charge in [0.05, 0.1) is 13.0 Å². The maximum atomic E-state index is 13.6. The van der Waals surface area contributed by atoms with Crippen molar-refractivity contribution in [1.29, 1.82) is 0 Å². The van der Waals surface area contributed by atoms with Crippen molar-refractivity contribution < 1.29 is 48.6 Å². The third kappa shape index (κ3) is 13.9. The first-order chi connectivity index (χ1) is 23.2. The maximum Gasteiger partial charge on any atom is 0.326 e. The van der Waals surface area contributed by atoms with Gasteiger partial charge in [-0.05, 0) is 49.4 Å². The summed E-state index contributed by atoms with van der Waals surface area (Å²) in [5.74, 6) is -7.94. The first-order valence-corrected chi connectivity index (χ1v) is 17.2. The molecule has 0 saturated carbocycles. The van der Waals surface area contributed by atoms with Gasteiger partial charge in [-0.2, -0.15) is 0 Å². The van der Waals surface area contributed by atoms with Gasteiger partial charge in [-0.1, -0.05) is 55.4 Å². The summed E-state index contributed by atoms with van der Waals surface area (Å²) < 4.78 is 0. The van der Waals surface area contributed by atoms with E-state index in [2.05, 4.69) is 26.6 Å². The Morgan fingerprint density at radius 3 is 1.58 bits per heavy atom. The number of hydrogen-bond acceptors (Lipinski definition) is 9. The average molecular weight is 712 g/mol. The number of nitrogens with two attached hydrogens (primary N) is 1. The quantitative estimate of drug-likeness (QED) is 0.0784. The highest BCUT2D eigenvalue weighted by atomic mass is 16.4. The number of carboxylic acid groups (broad SMARTS) is 2. The van der Waals surface area contributed by atoms with E-state index in [-0.39, 0.29) is 50.1 Å². The second-order valence-corrected chi connectivity index (χ2v) is 14.3. The highest BCUT2D eigenvalue weighted by Gasteiger charge is 2.40. The van der Waals surface area contributed by atoms with E-state index in [9.17, 15) is 48.6 Å². The van der Waals surface area contributed by atoms with Gasteiger partial charge in [0.2, 0.25) is 35.4 Å². The molecule has 0 aliphatic carbocycles. The molecule has 9 N–H and O–H groups in total. The number of carbonyl (C=O) groups is 8. The zero-order valence-electron chi connectivity index (χ0n) is 30.4. The summed E-state index contributed by atoms with van der Waals surface area (Å²) in [5, 5.41) is 31.7. The Hall–Kier alpha value is -4.28. The standard InChI is InChI=1S/C33H57N7O10/c1-16(2)12-20(28(44)36-21(13-17(3)4)30(46)39-27(19(7)8)33(49)50)35-29(45)22(14-25(42)43)37-31(47)23-10-9-11-40(23)32(48)26(18(5)6)38-24(41)15-34/h16-23,26-27H,9-15,34H2,1-8H3,(H,35,45)(H,36,44)(H,37,47)(H,38,41)(H,39,46)(H,42,43)(H,49,50)/t20-,21-,22-,23-,26-,27-/m0/s1. The van der Waals surface area contributed by atoms with Crippen LogP contribution in [-0.2, 0) is 38.4 Å². The molecule has 0 radical (unpaired) electrons. The maximum absolute atomic E-state index is 13.6. The van der Waals surface area contributed by atoms with Crippen molar-refractivity contribution >= 4 is 47.4 Å². The van der Waals surface area contributed by atoms with E-state index in [0.29, 0.717) is 6.42 Å². The molecule has 0 aromatic rings. The Bertz CT molecular complexity index is 1240. The number of nitrogens with one attached hydrogen (secondary N) is 5. The van der Waals surface area contributed by atoms with Crippen molar-refractivity contribution in [2.24, 2.45) is 29.4 Å². The van der Waals surface area contributed by atoms with E-state index < -0.39 is 96.0 Å². The van der Waals surface area contributed by atoms with Crippen molar-refractivity contribution in [2.75, 3.05) is 13.1 Å². The number of amides is 6. The molecule has 0 aromatic heterocycles. The van der Waals surface area contributed by atoms with Gasteiger partial charge in [-0.15, -0.1) is 0 Å². The van der Waals surface area contributed by atoms with Crippen LogP contribution in [0.4, 0.5) is 0 Å². The van der Waals surface area contributed by atoms with Gasteiger partial charge in [0.25, 0.3) is 0 Å². The number of likely N-dealkylation sites (tertiary alicyclic amines) is 1. The number of nitrogens with zero attached hydrogens (tertiary/aromatic N) is 1. The normalized spacial score (nSPS) is 17.5. The summed E-state index contributed by atoms with van der Waals surface area (Å²) in [4.78, 5) is 104. The van der Waals surface area contributed by atoms with E-state index in [1.807, 2.05) is 13.8 Å². The van der Waals surface area contributed by atoms with Crippen LogP contribution < -0.4 is 32.3 Å². The monoisotopic (exact) mass is 711 g/mol. The minimum atomic E-state index is -1.63. The van der Waals surface area contributed by atoms with Crippen molar-refractivity contribution in [3.8, 4) is 0 Å². The molecular weight excluding hydrogens is 654 g/mol. The molecular formula is C33H57N7O10. The Balaban J connectivity index is 3.24. The van der Waals surface area contributed by atoms with Crippen LogP contribution in [0, 0.1) is 23.7 Å². The van der Waals surface area contributed by atoms with Crippen LogP contribution in [0.25, 0.3) is 0 Å². The fourth-order valence-corrected chi connectivity index (χ4v) is 5.60. The van der Waals surface area contributed by atoms with Gasteiger partial charge in [-0.25, -0.2) is 4.79 Å². The highest BCUT2D eigenvalue weighted by Crippen LogP contribution is 2.21. The molecule has 0 bridgehead atoms. The van der Waals surface area contributed by atoms with Gasteiger partial charge in [-0.3, -0.25) is 33.6 Å². The first kappa shape index (κ1) is 43.7. The van der Waals surface area contributed by atoms with E-state index >= 15 is 0 Å². The minimum Gasteiger partial charge on any atom is -0.481 e. The van der Waals surface area contributed by atoms with Crippen LogP contribution in [0.2, 0.25) is 0 Å². The fourth-order valence-electron chi connectivity index (χ4n) is 5.60. The van der Waals surface area contributed by atoms with Gasteiger partial charge in [0.15, 0.2) is 0 Å². The molecule has 0 unspecified atom stereocenters. The van der Waals surface area contributed by atoms with E-state index in [1.165, 1.54) is 4.90 Å². The highest BCUT2D eigenvalue weighted by molar-refractivity contribution is 5.98. The number of carbonyl (C=O) groups excluding carboxylic acids is 6. The zero-order valence-corrected chi connectivity index (χ0v) is 30.4. The third-order valence-electron chi connectivity index (χ3n) is 8.20. The summed E-state index contributed by atoms with van der Waals surface area (Å²) in [5.41, 5.74) is 5.40. The molecule has 1 heterocycles. The summed E-state index contributed by atoms with van der Waals surface area (Å²) in [6, 6.07) is -7.23. The van der Waals surface area contributed by atoms with Crippen LogP contribution in [-0.4, -0.2) is 112 Å². The predicted octanol–water partition coefficient (Wildman–Crippen LogP) is -0.676. The molecule has 17 heteroatoms. The number of aliphatic carboxylic acids is 2. The Morgan fingerprint density at radius 1 is 0.680 bits per heavy atom. The minimum absolute atomic E-state index is 0.0844. The van der Waals surface area contributed by atoms with E-state index in [4.69, 9.17) is 5.73 Å². The van der Waals surface area contributed by atoms with Crippen LogP contribution in [0.1, 0.15) is 87.5 Å². The van der Waals surface area contributed by atoms with Gasteiger partial charge >= 0.3 is 11.9 Å². The number of carboxylic acids is 2. The molecule has 1 aliphatic rings. The Morgan fingerprint density at radius 2 is 1.16 bits per heavy atom. The summed E-state index contributed by atoms with van der Waals surface area (Å²) in [7, 11) is 0. The predicted molar refractivity (Wildman–Crippen MR) is 182 cm³/mol. The molecule has 1 fully saturated rings. The van der Waals surface area contributed by atoms with Crippen LogP contribution in [0.5, 0.6) is 0 Å². The van der Waals surface area contributed by atoms with Crippen LogP contribution in [0.3, 0.4) is 0 Å². The summed E-state index contributed by atoms with van der Waals surface area (Å²) in [6.45, 7) is 13.8. The molecule has 1 aliphatic heterocycles. The molecule has 0 aromatic carbocycles. The van der Waals surface area contributed by atoms with Crippen molar-refractivity contribution in [2.45, 2.75) is 124 Å². The van der Waals surface area contributed by atoms with Crippen LogP contribution >= 0.6 is 0 Å². The first-order valence-electron chi connectivity index (χ1n) is 17.2. The second-order valence-electron chi connectivity index (χ2n) is 14.3. The molecule has 6 atom stereocenters.